The van der Waals surface area contributed by atoms with Crippen molar-refractivity contribution in [3.8, 4) is 0 Å². The Morgan fingerprint density at radius 3 is 2.38 bits per heavy atom. The second-order valence-corrected chi connectivity index (χ2v) is 4.31. The number of nitrogens with one attached hydrogen (secondary N) is 2. The summed E-state index contributed by atoms with van der Waals surface area (Å²) in [6, 6.07) is 7.28. The van der Waals surface area contributed by atoms with Crippen LogP contribution in [-0.4, -0.2) is 32.1 Å². The van der Waals surface area contributed by atoms with Crippen LogP contribution in [0, 0.1) is 0 Å². The zero-order valence-corrected chi connectivity index (χ0v) is 15.1. The van der Waals surface area contributed by atoms with Gasteiger partial charge in [-0.1, -0.05) is 19.1 Å². The van der Waals surface area contributed by atoms with Crippen molar-refractivity contribution in [1.29, 1.82) is 0 Å². The van der Waals surface area contributed by atoms with Crippen LogP contribution in [0.3, 0.4) is 0 Å². The van der Waals surface area contributed by atoms with Crippen molar-refractivity contribution in [2.45, 2.75) is 26.8 Å². The molecule has 5 nitrogen and oxygen atoms in total. The zero-order valence-electron chi connectivity index (χ0n) is 12.8. The summed E-state index contributed by atoms with van der Waals surface area (Å²) in [5, 5.41) is 6.44. The maximum Gasteiger partial charge on any atom is 0.337 e. The van der Waals surface area contributed by atoms with Crippen LogP contribution in [0.15, 0.2) is 29.3 Å². The van der Waals surface area contributed by atoms with Crippen molar-refractivity contribution in [3.63, 3.8) is 0 Å². The lowest BCUT2D eigenvalue weighted by Crippen LogP contribution is -2.37. The van der Waals surface area contributed by atoms with Gasteiger partial charge in [0.1, 0.15) is 0 Å². The highest BCUT2D eigenvalue weighted by molar-refractivity contribution is 14.0. The number of nitrogens with zero attached hydrogens (tertiary/aromatic N) is 1. The number of guanidine groups is 1. The van der Waals surface area contributed by atoms with Crippen LogP contribution < -0.4 is 10.6 Å². The van der Waals surface area contributed by atoms with E-state index in [-0.39, 0.29) is 29.9 Å². The van der Waals surface area contributed by atoms with Crippen LogP contribution in [0.2, 0.25) is 0 Å². The van der Waals surface area contributed by atoms with E-state index >= 15 is 0 Å². The molecule has 0 saturated carbocycles. The molecule has 118 valence electrons. The standard InChI is InChI=1S/C15H23N3O2.HI/c1-4-10-17-15(16-5-2)18-11-12-6-8-13(9-7-12)14(19)20-3;/h6-9H,4-5,10-11H2,1-3H3,(H2,16,17,18);1H. The normalized spacial score (nSPS) is 10.5. The average molecular weight is 405 g/mol. The number of aliphatic imine (C=N–C) groups is 1. The number of ether oxygens (including phenoxy) is 1. The lowest BCUT2D eigenvalue weighted by molar-refractivity contribution is 0.0600. The molecule has 0 saturated heterocycles. The summed E-state index contributed by atoms with van der Waals surface area (Å²) in [5.74, 6) is 0.490. The lowest BCUT2D eigenvalue weighted by Gasteiger charge is -2.10. The van der Waals surface area contributed by atoms with E-state index in [0.29, 0.717) is 12.1 Å². The quantitative estimate of drug-likeness (QED) is 0.331. The van der Waals surface area contributed by atoms with E-state index in [2.05, 4.69) is 27.3 Å². The predicted molar refractivity (Wildman–Crippen MR) is 96.3 cm³/mol. The SMILES string of the molecule is CCCNC(=NCc1ccc(C(=O)OC)cc1)NCC.I. The molecule has 0 bridgehead atoms. The maximum atomic E-state index is 11.3. The van der Waals surface area contributed by atoms with E-state index in [9.17, 15) is 4.79 Å². The molecule has 0 aromatic heterocycles. The third kappa shape index (κ3) is 7.31. The molecule has 2 N–H and O–H groups in total. The summed E-state index contributed by atoms with van der Waals surface area (Å²) in [5.41, 5.74) is 1.60. The Morgan fingerprint density at radius 2 is 1.86 bits per heavy atom. The summed E-state index contributed by atoms with van der Waals surface area (Å²) < 4.78 is 4.66. The summed E-state index contributed by atoms with van der Waals surface area (Å²) in [4.78, 5) is 15.8. The van der Waals surface area contributed by atoms with Gasteiger partial charge in [-0.3, -0.25) is 0 Å². The molecule has 6 heteroatoms. The summed E-state index contributed by atoms with van der Waals surface area (Å²) in [7, 11) is 1.38. The van der Waals surface area contributed by atoms with E-state index in [1.807, 2.05) is 19.1 Å². The molecule has 0 aliphatic carbocycles. The highest BCUT2D eigenvalue weighted by Crippen LogP contribution is 2.06. The molecule has 0 fully saturated rings. The van der Waals surface area contributed by atoms with Crippen molar-refractivity contribution < 1.29 is 9.53 Å². The number of rotatable bonds is 6. The molecule has 1 aromatic carbocycles. The zero-order chi connectivity index (χ0) is 14.8. The van der Waals surface area contributed by atoms with Crippen LogP contribution >= 0.6 is 24.0 Å². The molecule has 0 aliphatic rings. The van der Waals surface area contributed by atoms with E-state index in [0.717, 1.165) is 31.0 Å². The minimum Gasteiger partial charge on any atom is -0.465 e. The summed E-state index contributed by atoms with van der Waals surface area (Å²) >= 11 is 0. The first-order valence-electron chi connectivity index (χ1n) is 6.90. The molecule has 0 spiro atoms. The Bertz CT molecular complexity index is 447. The molecule has 0 heterocycles. The first kappa shape index (κ1) is 19.7. The highest BCUT2D eigenvalue weighted by atomic mass is 127. The molecule has 0 aliphatic heterocycles. The Kier molecular flexibility index (Phi) is 10.7. The number of halogens is 1. The van der Waals surface area contributed by atoms with Crippen molar-refractivity contribution in [2.24, 2.45) is 4.99 Å². The number of hydrogen-bond donors (Lipinski definition) is 2. The molecule has 1 rings (SSSR count). The van der Waals surface area contributed by atoms with Gasteiger partial charge in [-0.25, -0.2) is 9.79 Å². The van der Waals surface area contributed by atoms with Gasteiger partial charge in [0.05, 0.1) is 19.2 Å². The largest absolute Gasteiger partial charge is 0.465 e. The molecule has 21 heavy (non-hydrogen) atoms. The Balaban J connectivity index is 0.00000400. The number of benzene rings is 1. The highest BCUT2D eigenvalue weighted by Gasteiger charge is 2.04. The van der Waals surface area contributed by atoms with E-state index in [4.69, 9.17) is 0 Å². The number of hydrogen-bond acceptors (Lipinski definition) is 3. The maximum absolute atomic E-state index is 11.3. The van der Waals surface area contributed by atoms with Gasteiger partial charge in [0.25, 0.3) is 0 Å². The predicted octanol–water partition coefficient (Wildman–Crippen LogP) is 2.56. The molecular formula is C15H24IN3O2. The van der Waals surface area contributed by atoms with Gasteiger partial charge < -0.3 is 15.4 Å². The van der Waals surface area contributed by atoms with E-state index in [1.54, 1.807) is 12.1 Å². The summed E-state index contributed by atoms with van der Waals surface area (Å²) in [6.07, 6.45) is 1.05. The Morgan fingerprint density at radius 1 is 1.19 bits per heavy atom. The number of carbonyl (C=O) groups is 1. The lowest BCUT2D eigenvalue weighted by atomic mass is 10.1. The smallest absolute Gasteiger partial charge is 0.337 e. The first-order chi connectivity index (χ1) is 9.71. The van der Waals surface area contributed by atoms with Crippen LogP contribution in [0.4, 0.5) is 0 Å². The molecule has 0 radical (unpaired) electrons. The molecular weight excluding hydrogens is 381 g/mol. The van der Waals surface area contributed by atoms with Crippen LogP contribution in [0.1, 0.15) is 36.2 Å². The molecule has 0 unspecified atom stereocenters. The van der Waals surface area contributed by atoms with Gasteiger partial charge in [-0.15, -0.1) is 24.0 Å². The van der Waals surface area contributed by atoms with Crippen LogP contribution in [0.25, 0.3) is 0 Å². The fourth-order valence-electron chi connectivity index (χ4n) is 1.62. The molecule has 0 atom stereocenters. The van der Waals surface area contributed by atoms with Crippen molar-refractivity contribution in [3.05, 3.63) is 35.4 Å². The summed E-state index contributed by atoms with van der Waals surface area (Å²) in [6.45, 7) is 6.45. The van der Waals surface area contributed by atoms with Crippen molar-refractivity contribution >= 4 is 35.9 Å². The van der Waals surface area contributed by atoms with E-state index < -0.39 is 0 Å². The molecule has 0 amide bonds. The van der Waals surface area contributed by atoms with Crippen LogP contribution in [0.5, 0.6) is 0 Å². The minimum absolute atomic E-state index is 0. The van der Waals surface area contributed by atoms with Crippen molar-refractivity contribution in [2.75, 3.05) is 20.2 Å². The fourth-order valence-corrected chi connectivity index (χ4v) is 1.62. The van der Waals surface area contributed by atoms with E-state index in [1.165, 1.54) is 7.11 Å². The third-order valence-electron chi connectivity index (χ3n) is 2.68. The fraction of sp³-hybridized carbons (Fsp3) is 0.467. The monoisotopic (exact) mass is 405 g/mol. The number of methoxy groups -OCH3 is 1. The topological polar surface area (TPSA) is 62.7 Å². The second kappa shape index (κ2) is 11.4. The van der Waals surface area contributed by atoms with Gasteiger partial charge in [0.2, 0.25) is 0 Å². The number of carbonyl (C=O) groups excluding carboxylic acids is 1. The second-order valence-electron chi connectivity index (χ2n) is 4.31. The Hall–Kier alpha value is -1.31. The van der Waals surface area contributed by atoms with Gasteiger partial charge in [0, 0.05) is 13.1 Å². The van der Waals surface area contributed by atoms with Gasteiger partial charge >= 0.3 is 5.97 Å². The van der Waals surface area contributed by atoms with Gasteiger partial charge in [-0.2, -0.15) is 0 Å². The van der Waals surface area contributed by atoms with Crippen LogP contribution in [-0.2, 0) is 11.3 Å². The Labute approximate surface area is 143 Å². The van der Waals surface area contributed by atoms with Crippen molar-refractivity contribution in [1.82, 2.24) is 10.6 Å². The third-order valence-corrected chi connectivity index (χ3v) is 2.68. The van der Waals surface area contributed by atoms with Gasteiger partial charge in [0.15, 0.2) is 5.96 Å². The minimum atomic E-state index is -0.321. The first-order valence-corrected chi connectivity index (χ1v) is 6.90. The molecule has 1 aromatic rings. The number of esters is 1. The van der Waals surface area contributed by atoms with Gasteiger partial charge in [-0.05, 0) is 31.0 Å². The average Bonchev–Trinajstić information content (AvgIpc) is 2.49.